The summed E-state index contributed by atoms with van der Waals surface area (Å²) in [5.74, 6) is -1.54. The topological polar surface area (TPSA) is 63.2 Å². The minimum Gasteiger partial charge on any atom is -0.347 e. The molecule has 0 aliphatic heterocycles. The van der Waals surface area contributed by atoms with Crippen molar-refractivity contribution in [3.05, 3.63) is 28.5 Å². The summed E-state index contributed by atoms with van der Waals surface area (Å²) in [6.45, 7) is 1.94. The third-order valence-corrected chi connectivity index (χ3v) is 5.68. The normalized spacial score (nSPS) is 17.1. The van der Waals surface area contributed by atoms with Crippen molar-refractivity contribution in [3.63, 3.8) is 0 Å². The molecular weight excluding hydrogens is 340 g/mol. The highest BCUT2D eigenvalue weighted by molar-refractivity contribution is 8.13. The van der Waals surface area contributed by atoms with Gasteiger partial charge in [0.2, 0.25) is 0 Å². The zero-order valence-electron chi connectivity index (χ0n) is 11.3. The Morgan fingerprint density at radius 1 is 1.43 bits per heavy atom. The van der Waals surface area contributed by atoms with Gasteiger partial charge in [-0.15, -0.1) is 0 Å². The molecule has 21 heavy (non-hydrogen) atoms. The fraction of sp³-hybridized carbons (Fsp3) is 0.462. The lowest BCUT2D eigenvalue weighted by Gasteiger charge is -2.42. The van der Waals surface area contributed by atoms with Crippen LogP contribution >= 0.6 is 22.3 Å². The third-order valence-electron chi connectivity index (χ3n) is 3.90. The maximum absolute atomic E-state index is 13.9. The lowest BCUT2D eigenvalue weighted by atomic mass is 9.74. The Bertz CT molecular complexity index is 681. The van der Waals surface area contributed by atoms with Crippen LogP contribution < -0.4 is 5.32 Å². The summed E-state index contributed by atoms with van der Waals surface area (Å²) in [6, 6.07) is 1.66. The number of rotatable bonds is 4. The van der Waals surface area contributed by atoms with Crippen LogP contribution in [0, 0.1) is 5.82 Å². The molecule has 116 valence electrons. The van der Waals surface area contributed by atoms with Crippen LogP contribution in [0.5, 0.6) is 0 Å². The average molecular weight is 354 g/mol. The maximum atomic E-state index is 13.9. The zero-order chi connectivity index (χ0) is 15.8. The molecule has 4 nitrogen and oxygen atoms in total. The Hall–Kier alpha value is -0.850. The maximum Gasteiger partial charge on any atom is 0.262 e. The van der Waals surface area contributed by atoms with Crippen LogP contribution in [0.15, 0.2) is 17.0 Å². The van der Waals surface area contributed by atoms with Gasteiger partial charge in [0, 0.05) is 16.2 Å². The van der Waals surface area contributed by atoms with Crippen molar-refractivity contribution in [2.45, 2.75) is 43.0 Å². The van der Waals surface area contributed by atoms with Gasteiger partial charge in [0.25, 0.3) is 15.0 Å². The van der Waals surface area contributed by atoms with E-state index in [2.05, 4.69) is 5.32 Å². The first-order valence-corrected chi connectivity index (χ1v) is 9.13. The van der Waals surface area contributed by atoms with Gasteiger partial charge in [-0.25, -0.2) is 12.8 Å². The van der Waals surface area contributed by atoms with E-state index in [0.717, 1.165) is 37.8 Å². The minimum atomic E-state index is -4.15. The standard InChI is InChI=1S/C13H14Cl2FNO3S/c1-2-13(4-3-5-13)17-12(18)8-6-11(21(15,19)20)9(14)7-10(8)16/h6-7H,2-5H2,1H3,(H,17,18). The van der Waals surface area contributed by atoms with E-state index in [9.17, 15) is 17.6 Å². The molecule has 1 amide bonds. The molecule has 0 bridgehead atoms. The molecule has 1 aliphatic carbocycles. The molecule has 2 rings (SSSR count). The molecule has 0 aromatic heterocycles. The van der Waals surface area contributed by atoms with E-state index >= 15 is 0 Å². The Labute approximate surface area is 132 Å². The largest absolute Gasteiger partial charge is 0.347 e. The van der Waals surface area contributed by atoms with Gasteiger partial charge in [-0.1, -0.05) is 18.5 Å². The summed E-state index contributed by atoms with van der Waals surface area (Å²) in [5.41, 5.74) is -0.707. The van der Waals surface area contributed by atoms with Gasteiger partial charge >= 0.3 is 0 Å². The summed E-state index contributed by atoms with van der Waals surface area (Å²) in [7, 11) is 1.07. The van der Waals surface area contributed by atoms with Crippen molar-refractivity contribution < 1.29 is 17.6 Å². The monoisotopic (exact) mass is 353 g/mol. The second-order valence-corrected chi connectivity index (χ2v) is 8.08. The van der Waals surface area contributed by atoms with E-state index in [-0.39, 0.29) is 16.1 Å². The van der Waals surface area contributed by atoms with Crippen molar-refractivity contribution in [1.82, 2.24) is 5.32 Å². The zero-order valence-corrected chi connectivity index (χ0v) is 13.6. The Morgan fingerprint density at radius 3 is 2.48 bits per heavy atom. The number of benzene rings is 1. The molecule has 1 aromatic carbocycles. The number of amides is 1. The van der Waals surface area contributed by atoms with E-state index in [1.54, 1.807) is 0 Å². The van der Waals surface area contributed by atoms with E-state index in [1.165, 1.54) is 0 Å². The van der Waals surface area contributed by atoms with Crippen molar-refractivity contribution in [1.29, 1.82) is 0 Å². The molecule has 0 heterocycles. The fourth-order valence-corrected chi connectivity index (χ4v) is 3.88. The summed E-state index contributed by atoms with van der Waals surface area (Å²) >= 11 is 5.65. The molecule has 0 radical (unpaired) electrons. The highest BCUT2D eigenvalue weighted by Gasteiger charge is 2.37. The third kappa shape index (κ3) is 3.33. The van der Waals surface area contributed by atoms with Crippen LogP contribution in [0.2, 0.25) is 5.02 Å². The second-order valence-electron chi connectivity index (χ2n) is 5.14. The van der Waals surface area contributed by atoms with Crippen LogP contribution in [0.1, 0.15) is 43.0 Å². The van der Waals surface area contributed by atoms with Gasteiger partial charge in [-0.3, -0.25) is 4.79 Å². The van der Waals surface area contributed by atoms with Gasteiger partial charge in [-0.05, 0) is 37.8 Å². The summed E-state index contributed by atoms with van der Waals surface area (Å²) < 4.78 is 36.6. The molecule has 0 saturated heterocycles. The van der Waals surface area contributed by atoms with Gasteiger partial charge < -0.3 is 5.32 Å². The Balaban J connectivity index is 2.37. The Kier molecular flexibility index (Phi) is 4.52. The van der Waals surface area contributed by atoms with E-state index in [0.29, 0.717) is 0 Å². The number of carbonyl (C=O) groups is 1. The van der Waals surface area contributed by atoms with E-state index in [4.69, 9.17) is 22.3 Å². The molecular formula is C13H14Cl2FNO3S. The summed E-state index contributed by atoms with van der Waals surface area (Å²) in [6.07, 6.45) is 3.38. The Morgan fingerprint density at radius 2 is 2.05 bits per heavy atom. The molecule has 8 heteroatoms. The predicted octanol–water partition coefficient (Wildman–Crippen LogP) is 3.47. The highest BCUT2D eigenvalue weighted by atomic mass is 35.7. The fourth-order valence-electron chi connectivity index (χ4n) is 2.37. The number of carbonyl (C=O) groups excluding carboxylic acids is 1. The van der Waals surface area contributed by atoms with Crippen molar-refractivity contribution >= 4 is 37.2 Å². The van der Waals surface area contributed by atoms with Crippen LogP contribution in [0.25, 0.3) is 0 Å². The summed E-state index contributed by atoms with van der Waals surface area (Å²) in [5, 5.41) is 2.42. The van der Waals surface area contributed by atoms with Crippen LogP contribution in [-0.2, 0) is 9.05 Å². The number of hydrogen-bond donors (Lipinski definition) is 1. The van der Waals surface area contributed by atoms with Crippen molar-refractivity contribution in [2.24, 2.45) is 0 Å². The lowest BCUT2D eigenvalue weighted by Crippen LogP contribution is -2.53. The first-order chi connectivity index (χ1) is 9.68. The molecule has 1 fully saturated rings. The molecule has 0 unspecified atom stereocenters. The van der Waals surface area contributed by atoms with E-state index < -0.39 is 25.7 Å². The minimum absolute atomic E-state index is 0.330. The van der Waals surface area contributed by atoms with Gasteiger partial charge in [0.15, 0.2) is 0 Å². The second kappa shape index (κ2) is 5.74. The molecule has 0 atom stereocenters. The molecule has 1 aliphatic rings. The van der Waals surface area contributed by atoms with Crippen LogP contribution in [0.3, 0.4) is 0 Å². The van der Waals surface area contributed by atoms with Crippen LogP contribution in [0.4, 0.5) is 4.39 Å². The van der Waals surface area contributed by atoms with Crippen LogP contribution in [-0.4, -0.2) is 19.9 Å². The predicted molar refractivity (Wildman–Crippen MR) is 78.8 cm³/mol. The SMILES string of the molecule is CCC1(NC(=O)c2cc(S(=O)(=O)Cl)c(Cl)cc2F)CCC1. The van der Waals surface area contributed by atoms with Gasteiger partial charge in [0.1, 0.15) is 10.7 Å². The number of halogens is 3. The smallest absolute Gasteiger partial charge is 0.262 e. The van der Waals surface area contributed by atoms with Gasteiger partial charge in [-0.2, -0.15) is 0 Å². The molecule has 1 saturated carbocycles. The van der Waals surface area contributed by atoms with Crippen molar-refractivity contribution in [2.75, 3.05) is 0 Å². The quantitative estimate of drug-likeness (QED) is 0.843. The van der Waals surface area contributed by atoms with E-state index in [1.807, 2.05) is 6.92 Å². The van der Waals surface area contributed by atoms with Crippen molar-refractivity contribution in [3.8, 4) is 0 Å². The molecule has 1 N–H and O–H groups in total. The first-order valence-electron chi connectivity index (χ1n) is 6.45. The highest BCUT2D eigenvalue weighted by Crippen LogP contribution is 2.35. The summed E-state index contributed by atoms with van der Waals surface area (Å²) in [4.78, 5) is 11.7. The number of nitrogens with one attached hydrogen (secondary N) is 1. The average Bonchev–Trinajstić information content (AvgIpc) is 2.31. The lowest BCUT2D eigenvalue weighted by molar-refractivity contribution is 0.0816. The molecule has 1 aromatic rings. The number of hydrogen-bond acceptors (Lipinski definition) is 3. The molecule has 0 spiro atoms. The van der Waals surface area contributed by atoms with Gasteiger partial charge in [0.05, 0.1) is 10.6 Å². The first kappa shape index (κ1) is 16.5.